The Labute approximate surface area is 212 Å². The zero-order valence-electron chi connectivity index (χ0n) is 19.6. The molecular weight excluding hydrogens is 495 g/mol. The molecule has 1 saturated heterocycles. The Balaban J connectivity index is 1.64. The van der Waals surface area contributed by atoms with Crippen LogP contribution in [0.4, 0.5) is 5.69 Å². The molecule has 0 radical (unpaired) electrons. The van der Waals surface area contributed by atoms with Gasteiger partial charge in [-0.25, -0.2) is 8.42 Å². The molecule has 0 saturated carbocycles. The van der Waals surface area contributed by atoms with Crippen LogP contribution in [0.5, 0.6) is 5.75 Å². The fourth-order valence-corrected chi connectivity index (χ4v) is 6.15. The predicted molar refractivity (Wildman–Crippen MR) is 138 cm³/mol. The molecule has 1 aliphatic heterocycles. The van der Waals surface area contributed by atoms with Crippen LogP contribution in [0.25, 0.3) is 0 Å². The first kappa shape index (κ1) is 26.8. The number of hydrogen-bond donors (Lipinski definition) is 1. The average molecular weight is 528 g/mol. The number of unbranched alkanes of at least 4 members (excludes halogenated alkanes) is 3. The number of carbonyl (C=O) groups is 1. The molecule has 1 amide bonds. The fourth-order valence-electron chi connectivity index (χ4n) is 3.96. The minimum absolute atomic E-state index is 0.214. The van der Waals surface area contributed by atoms with E-state index in [0.29, 0.717) is 37.1 Å². The lowest BCUT2D eigenvalue weighted by Gasteiger charge is -2.30. The Bertz CT molecular complexity index is 1070. The third-order valence-electron chi connectivity index (χ3n) is 5.87. The Morgan fingerprint density at radius 3 is 2.41 bits per heavy atom. The van der Waals surface area contributed by atoms with Crippen molar-refractivity contribution in [2.24, 2.45) is 5.92 Å². The molecule has 1 fully saturated rings. The van der Waals surface area contributed by atoms with Crippen LogP contribution in [-0.4, -0.2) is 38.3 Å². The summed E-state index contributed by atoms with van der Waals surface area (Å²) >= 11 is 12.6. The number of piperidine rings is 1. The molecule has 1 atom stereocenters. The van der Waals surface area contributed by atoms with E-state index in [1.165, 1.54) is 28.6 Å². The van der Waals surface area contributed by atoms with Crippen molar-refractivity contribution < 1.29 is 17.9 Å². The van der Waals surface area contributed by atoms with Gasteiger partial charge in [-0.15, -0.1) is 0 Å². The molecule has 2 aromatic carbocycles. The monoisotopic (exact) mass is 526 g/mol. The second kappa shape index (κ2) is 12.2. The summed E-state index contributed by atoms with van der Waals surface area (Å²) in [5.74, 6) is 0.315. The fraction of sp³-hybridized carbons (Fsp3) is 0.480. The van der Waals surface area contributed by atoms with Crippen LogP contribution in [0.3, 0.4) is 0 Å². The molecule has 0 spiro atoms. The van der Waals surface area contributed by atoms with Crippen LogP contribution in [-0.2, 0) is 10.0 Å². The Morgan fingerprint density at radius 1 is 1.12 bits per heavy atom. The summed E-state index contributed by atoms with van der Waals surface area (Å²) in [6.07, 6.45) is 6.17. The molecule has 6 nitrogen and oxygen atoms in total. The minimum atomic E-state index is -3.55. The van der Waals surface area contributed by atoms with E-state index in [1.807, 2.05) is 0 Å². The zero-order chi connectivity index (χ0) is 24.7. The van der Waals surface area contributed by atoms with Gasteiger partial charge < -0.3 is 10.1 Å². The number of nitrogens with zero attached hydrogens (tertiary/aromatic N) is 1. The van der Waals surface area contributed by atoms with Crippen LogP contribution >= 0.6 is 23.2 Å². The number of amides is 1. The lowest BCUT2D eigenvalue weighted by atomic mass is 10.0. The lowest BCUT2D eigenvalue weighted by molar-refractivity contribution is 0.102. The third-order valence-corrected chi connectivity index (χ3v) is 8.32. The highest BCUT2D eigenvalue weighted by atomic mass is 35.5. The summed E-state index contributed by atoms with van der Waals surface area (Å²) in [7, 11) is -3.55. The van der Waals surface area contributed by atoms with Gasteiger partial charge in [-0.05, 0) is 61.6 Å². The molecule has 1 heterocycles. The summed E-state index contributed by atoms with van der Waals surface area (Å²) in [5.41, 5.74) is 0.756. The second-order valence-corrected chi connectivity index (χ2v) is 11.5. The van der Waals surface area contributed by atoms with Crippen LogP contribution < -0.4 is 10.1 Å². The van der Waals surface area contributed by atoms with Crippen molar-refractivity contribution in [3.63, 3.8) is 0 Å². The maximum atomic E-state index is 12.9. The molecule has 3 rings (SSSR count). The van der Waals surface area contributed by atoms with Gasteiger partial charge in [0.2, 0.25) is 10.0 Å². The molecule has 9 heteroatoms. The zero-order valence-corrected chi connectivity index (χ0v) is 22.0. The molecule has 34 heavy (non-hydrogen) atoms. The number of rotatable bonds is 10. The molecule has 2 aromatic rings. The van der Waals surface area contributed by atoms with Gasteiger partial charge >= 0.3 is 0 Å². The number of anilines is 1. The molecule has 1 aliphatic rings. The van der Waals surface area contributed by atoms with Crippen molar-refractivity contribution in [2.45, 2.75) is 57.3 Å². The summed E-state index contributed by atoms with van der Waals surface area (Å²) in [5, 5.41) is 3.30. The Hall–Kier alpha value is -1.80. The second-order valence-electron chi connectivity index (χ2n) is 8.77. The molecule has 0 bridgehead atoms. The van der Waals surface area contributed by atoms with Crippen molar-refractivity contribution in [3.05, 3.63) is 52.0 Å². The largest absolute Gasteiger partial charge is 0.490 e. The minimum Gasteiger partial charge on any atom is -0.490 e. The lowest BCUT2D eigenvalue weighted by Crippen LogP contribution is -2.39. The topological polar surface area (TPSA) is 75.7 Å². The van der Waals surface area contributed by atoms with Crippen LogP contribution in [0.1, 0.15) is 62.7 Å². The maximum absolute atomic E-state index is 12.9. The van der Waals surface area contributed by atoms with Gasteiger partial charge in [0.1, 0.15) is 0 Å². The van der Waals surface area contributed by atoms with Crippen LogP contribution in [0, 0.1) is 5.92 Å². The molecule has 0 aliphatic carbocycles. The highest BCUT2D eigenvalue weighted by molar-refractivity contribution is 7.89. The van der Waals surface area contributed by atoms with Crippen molar-refractivity contribution in [2.75, 3.05) is 25.0 Å². The summed E-state index contributed by atoms with van der Waals surface area (Å²) < 4.78 is 33.1. The van der Waals surface area contributed by atoms with Crippen molar-refractivity contribution in [1.29, 1.82) is 0 Å². The van der Waals surface area contributed by atoms with Gasteiger partial charge in [0.05, 0.1) is 21.5 Å². The normalized spacial score (nSPS) is 16.9. The van der Waals surface area contributed by atoms with E-state index in [4.69, 9.17) is 27.9 Å². The number of sulfonamides is 1. The Kier molecular flexibility index (Phi) is 9.65. The van der Waals surface area contributed by atoms with Crippen molar-refractivity contribution in [1.82, 2.24) is 4.31 Å². The van der Waals surface area contributed by atoms with Crippen molar-refractivity contribution in [3.8, 4) is 5.75 Å². The van der Waals surface area contributed by atoms with Gasteiger partial charge in [0.25, 0.3) is 5.91 Å². The van der Waals surface area contributed by atoms with E-state index in [-0.39, 0.29) is 20.5 Å². The molecule has 186 valence electrons. The first-order chi connectivity index (χ1) is 16.2. The number of nitrogens with one attached hydrogen (secondary N) is 1. The van der Waals surface area contributed by atoms with Crippen LogP contribution in [0.2, 0.25) is 10.0 Å². The van der Waals surface area contributed by atoms with Gasteiger partial charge in [-0.2, -0.15) is 4.31 Å². The highest BCUT2D eigenvalue weighted by Crippen LogP contribution is 2.35. The van der Waals surface area contributed by atoms with Gasteiger partial charge in [-0.3, -0.25) is 4.79 Å². The third kappa shape index (κ3) is 6.87. The smallest absolute Gasteiger partial charge is 0.255 e. The van der Waals surface area contributed by atoms with E-state index >= 15 is 0 Å². The number of benzene rings is 2. The van der Waals surface area contributed by atoms with Crippen LogP contribution in [0.15, 0.2) is 41.3 Å². The summed E-state index contributed by atoms with van der Waals surface area (Å²) in [4.78, 5) is 12.9. The molecular formula is C25H32Cl2N2O4S. The SMILES string of the molecule is CCCCCCOc1c(Cl)cc(C(=O)Nc2ccc(S(=O)(=O)N3CCCC(C)C3)cc2)cc1Cl. The number of ether oxygens (including phenoxy) is 1. The maximum Gasteiger partial charge on any atom is 0.255 e. The van der Waals surface area contributed by atoms with E-state index in [1.54, 1.807) is 12.1 Å². The van der Waals surface area contributed by atoms with Gasteiger partial charge in [0, 0.05) is 24.3 Å². The standard InChI is InChI=1S/C25H32Cl2N2O4S/c1-3-4-5-6-14-33-24-22(26)15-19(16-23(24)27)25(30)28-20-9-11-21(12-10-20)34(31,32)29-13-7-8-18(2)17-29/h9-12,15-16,18H,3-8,13-14,17H2,1-2H3,(H,28,30). The van der Waals surface area contributed by atoms with E-state index < -0.39 is 15.9 Å². The van der Waals surface area contributed by atoms with E-state index in [2.05, 4.69) is 19.2 Å². The van der Waals surface area contributed by atoms with E-state index in [0.717, 1.165) is 38.5 Å². The number of halogens is 2. The van der Waals surface area contributed by atoms with Gasteiger partial charge in [0.15, 0.2) is 5.75 Å². The van der Waals surface area contributed by atoms with Crippen molar-refractivity contribution >= 4 is 44.8 Å². The first-order valence-corrected chi connectivity index (χ1v) is 14.0. The molecule has 1 unspecified atom stereocenters. The Morgan fingerprint density at radius 2 is 1.79 bits per heavy atom. The highest BCUT2D eigenvalue weighted by Gasteiger charge is 2.28. The summed E-state index contributed by atoms with van der Waals surface area (Å²) in [6.45, 7) is 5.78. The quantitative estimate of drug-likeness (QED) is 0.352. The number of hydrogen-bond acceptors (Lipinski definition) is 4. The van der Waals surface area contributed by atoms with Gasteiger partial charge in [-0.1, -0.05) is 56.3 Å². The first-order valence-electron chi connectivity index (χ1n) is 11.8. The average Bonchev–Trinajstić information content (AvgIpc) is 2.80. The predicted octanol–water partition coefficient (Wildman–Crippen LogP) is 6.63. The number of carbonyl (C=O) groups excluding carboxylic acids is 1. The van der Waals surface area contributed by atoms with E-state index in [9.17, 15) is 13.2 Å². The summed E-state index contributed by atoms with van der Waals surface area (Å²) in [6, 6.07) is 9.21. The molecule has 0 aromatic heterocycles. The molecule has 1 N–H and O–H groups in total.